The Kier molecular flexibility index (Phi) is 6.41. The molecule has 2 N–H and O–H groups in total. The lowest BCUT2D eigenvalue weighted by Gasteiger charge is -2.26. The van der Waals surface area contributed by atoms with E-state index in [9.17, 15) is 13.2 Å². The molecule has 0 aliphatic heterocycles. The van der Waals surface area contributed by atoms with Gasteiger partial charge >= 0.3 is 0 Å². The summed E-state index contributed by atoms with van der Waals surface area (Å²) in [5, 5.41) is 2.26. The summed E-state index contributed by atoms with van der Waals surface area (Å²) in [6.07, 6.45) is 4.69. The second-order valence-electron chi connectivity index (χ2n) is 4.21. The van der Waals surface area contributed by atoms with Gasteiger partial charge in [0.15, 0.2) is 4.87 Å². The molecule has 0 aromatic rings. The Morgan fingerprint density at radius 1 is 1.41 bits per heavy atom. The van der Waals surface area contributed by atoms with Crippen LogP contribution in [0.3, 0.4) is 0 Å². The van der Waals surface area contributed by atoms with E-state index in [2.05, 4.69) is 11.9 Å². The molecule has 6 heteroatoms. The average Bonchev–Trinajstić information content (AvgIpc) is 2.22. The van der Waals surface area contributed by atoms with Gasteiger partial charge in [-0.25, -0.2) is 0 Å². The van der Waals surface area contributed by atoms with Crippen LogP contribution in [0.25, 0.3) is 0 Å². The molecule has 0 spiro atoms. The molecular weight excluding hydrogens is 242 g/mol. The molecule has 17 heavy (non-hydrogen) atoms. The molecule has 5 nitrogen and oxygen atoms in total. The van der Waals surface area contributed by atoms with Crippen LogP contribution in [0.5, 0.6) is 0 Å². The largest absolute Gasteiger partial charge is 0.332 e. The van der Waals surface area contributed by atoms with Crippen molar-refractivity contribution in [2.45, 2.75) is 50.8 Å². The van der Waals surface area contributed by atoms with Crippen LogP contribution in [0.1, 0.15) is 46.0 Å². The van der Waals surface area contributed by atoms with Gasteiger partial charge in [0, 0.05) is 0 Å². The van der Waals surface area contributed by atoms with Gasteiger partial charge in [-0.2, -0.15) is 8.42 Å². The Hall–Kier alpha value is -0.880. The van der Waals surface area contributed by atoms with E-state index in [0.717, 1.165) is 25.3 Å². The molecule has 0 aromatic carbocycles. The number of unbranched alkanes of at least 4 members (excludes halogenated alkanes) is 3. The third-order valence-electron chi connectivity index (χ3n) is 2.65. The van der Waals surface area contributed by atoms with Crippen molar-refractivity contribution in [3.8, 4) is 0 Å². The van der Waals surface area contributed by atoms with Crippen molar-refractivity contribution >= 4 is 16.0 Å². The number of carbonyl (C=O) groups excluding carboxylic acids is 1. The summed E-state index contributed by atoms with van der Waals surface area (Å²) in [6, 6.07) is 0. The summed E-state index contributed by atoms with van der Waals surface area (Å²) >= 11 is 0. The second kappa shape index (κ2) is 6.76. The van der Waals surface area contributed by atoms with Gasteiger partial charge in [-0.15, -0.1) is 0 Å². The first-order valence-electron chi connectivity index (χ1n) is 5.68. The van der Waals surface area contributed by atoms with Gasteiger partial charge in [-0.3, -0.25) is 9.35 Å². The first-order chi connectivity index (χ1) is 7.77. The topological polar surface area (TPSA) is 83.5 Å². The summed E-state index contributed by atoms with van der Waals surface area (Å²) < 4.78 is 31.7. The second-order valence-corrected chi connectivity index (χ2v) is 6.06. The molecule has 0 fully saturated rings. The molecule has 0 heterocycles. The van der Waals surface area contributed by atoms with Crippen LogP contribution >= 0.6 is 0 Å². The molecule has 1 amide bonds. The Morgan fingerprint density at radius 3 is 2.41 bits per heavy atom. The van der Waals surface area contributed by atoms with Crippen LogP contribution in [-0.2, 0) is 14.9 Å². The van der Waals surface area contributed by atoms with Gasteiger partial charge in [0.05, 0.1) is 0 Å². The van der Waals surface area contributed by atoms with Gasteiger partial charge in [-0.1, -0.05) is 32.8 Å². The van der Waals surface area contributed by atoms with Gasteiger partial charge < -0.3 is 5.32 Å². The standard InChI is InChI=1S/C11H21NO4S/c1-4-6-7-8-9-11(3,17(14,15)16)12-10(13)5-2/h5H,2,4,6-9H2,1,3H3,(H,12,13)(H,14,15,16). The van der Waals surface area contributed by atoms with Crippen molar-refractivity contribution in [2.75, 3.05) is 0 Å². The third kappa shape index (κ3) is 5.32. The Bertz CT molecular complexity index is 364. The van der Waals surface area contributed by atoms with Crippen LogP contribution in [0.2, 0.25) is 0 Å². The van der Waals surface area contributed by atoms with E-state index < -0.39 is 20.9 Å². The van der Waals surface area contributed by atoms with E-state index >= 15 is 0 Å². The van der Waals surface area contributed by atoms with Crippen molar-refractivity contribution in [3.63, 3.8) is 0 Å². The molecule has 100 valence electrons. The van der Waals surface area contributed by atoms with E-state index in [4.69, 9.17) is 4.55 Å². The number of hydrogen-bond donors (Lipinski definition) is 2. The molecule has 0 saturated carbocycles. The highest BCUT2D eigenvalue weighted by molar-refractivity contribution is 7.87. The maximum Gasteiger partial charge on any atom is 0.288 e. The molecule has 0 saturated heterocycles. The minimum absolute atomic E-state index is 0.186. The Morgan fingerprint density at radius 2 is 2.00 bits per heavy atom. The molecule has 0 rings (SSSR count). The normalized spacial score (nSPS) is 15.0. The highest BCUT2D eigenvalue weighted by Crippen LogP contribution is 2.21. The lowest BCUT2D eigenvalue weighted by molar-refractivity contribution is -0.117. The molecular formula is C11H21NO4S. The summed E-state index contributed by atoms with van der Waals surface area (Å²) in [4.78, 5) is 9.53. The molecule has 1 unspecified atom stereocenters. The number of hydrogen-bond acceptors (Lipinski definition) is 3. The summed E-state index contributed by atoms with van der Waals surface area (Å²) in [6.45, 7) is 6.59. The van der Waals surface area contributed by atoms with Crippen LogP contribution in [-0.4, -0.2) is 23.7 Å². The first-order valence-corrected chi connectivity index (χ1v) is 7.12. The molecule has 1 atom stereocenters. The van der Waals surface area contributed by atoms with Crippen molar-refractivity contribution < 1.29 is 17.8 Å². The summed E-state index contributed by atoms with van der Waals surface area (Å²) in [5.41, 5.74) is 0. The predicted octanol–water partition coefficient (Wildman–Crippen LogP) is 1.86. The van der Waals surface area contributed by atoms with Crippen LogP contribution in [0.4, 0.5) is 0 Å². The fraction of sp³-hybridized carbons (Fsp3) is 0.727. The maximum absolute atomic E-state index is 11.3. The summed E-state index contributed by atoms with van der Waals surface area (Å²) in [7, 11) is -4.34. The van der Waals surface area contributed by atoms with Crippen molar-refractivity contribution in [3.05, 3.63) is 12.7 Å². The maximum atomic E-state index is 11.3. The minimum atomic E-state index is -4.34. The number of amides is 1. The van der Waals surface area contributed by atoms with E-state index in [1.54, 1.807) is 0 Å². The SMILES string of the molecule is C=CC(=O)NC(C)(CCCCCC)S(=O)(=O)O. The Balaban J connectivity index is 4.63. The van der Waals surface area contributed by atoms with E-state index in [0.29, 0.717) is 6.42 Å². The van der Waals surface area contributed by atoms with E-state index in [1.165, 1.54) is 6.92 Å². The number of rotatable bonds is 8. The molecule has 0 bridgehead atoms. The van der Waals surface area contributed by atoms with Crippen molar-refractivity contribution in [1.82, 2.24) is 5.32 Å². The molecule has 0 aliphatic carbocycles. The third-order valence-corrected chi connectivity index (χ3v) is 4.09. The highest BCUT2D eigenvalue weighted by atomic mass is 32.2. The average molecular weight is 263 g/mol. The van der Waals surface area contributed by atoms with E-state index in [-0.39, 0.29) is 6.42 Å². The predicted molar refractivity (Wildman–Crippen MR) is 67.1 cm³/mol. The monoisotopic (exact) mass is 263 g/mol. The molecule has 0 aliphatic rings. The number of carbonyl (C=O) groups is 1. The first kappa shape index (κ1) is 16.1. The van der Waals surface area contributed by atoms with Crippen LogP contribution < -0.4 is 5.32 Å². The molecule has 0 aromatic heterocycles. The van der Waals surface area contributed by atoms with Crippen LogP contribution in [0.15, 0.2) is 12.7 Å². The zero-order valence-electron chi connectivity index (χ0n) is 10.4. The van der Waals surface area contributed by atoms with Crippen LogP contribution in [0, 0.1) is 0 Å². The van der Waals surface area contributed by atoms with Crippen molar-refractivity contribution in [1.29, 1.82) is 0 Å². The van der Waals surface area contributed by atoms with Gasteiger partial charge in [0.1, 0.15) is 0 Å². The fourth-order valence-corrected chi connectivity index (χ4v) is 2.09. The number of nitrogens with one attached hydrogen (secondary N) is 1. The van der Waals surface area contributed by atoms with Gasteiger partial charge in [0.2, 0.25) is 5.91 Å². The zero-order valence-corrected chi connectivity index (χ0v) is 11.2. The zero-order chi connectivity index (χ0) is 13.5. The van der Waals surface area contributed by atoms with Gasteiger partial charge in [0.25, 0.3) is 10.1 Å². The summed E-state index contributed by atoms with van der Waals surface area (Å²) in [5.74, 6) is -0.611. The highest BCUT2D eigenvalue weighted by Gasteiger charge is 2.38. The lowest BCUT2D eigenvalue weighted by Crippen LogP contribution is -2.51. The Labute approximate surface area is 103 Å². The molecule has 0 radical (unpaired) electrons. The fourth-order valence-electron chi connectivity index (χ4n) is 1.46. The quantitative estimate of drug-likeness (QED) is 0.398. The van der Waals surface area contributed by atoms with Crippen molar-refractivity contribution in [2.24, 2.45) is 0 Å². The van der Waals surface area contributed by atoms with E-state index in [1.807, 2.05) is 6.92 Å². The minimum Gasteiger partial charge on any atom is -0.332 e. The lowest BCUT2D eigenvalue weighted by atomic mass is 10.1. The van der Waals surface area contributed by atoms with Gasteiger partial charge in [-0.05, 0) is 25.8 Å². The smallest absolute Gasteiger partial charge is 0.288 e.